The van der Waals surface area contributed by atoms with Gasteiger partial charge in [0.1, 0.15) is 12.3 Å². The molecular weight excluding hydrogens is 374 g/mol. The lowest BCUT2D eigenvalue weighted by Crippen LogP contribution is -2.32. The van der Waals surface area contributed by atoms with Crippen LogP contribution in [0.5, 0.6) is 0 Å². The molecule has 0 unspecified atom stereocenters. The molecule has 1 heterocycles. The second kappa shape index (κ2) is 9.32. The second-order valence-corrected chi connectivity index (χ2v) is 8.77. The van der Waals surface area contributed by atoms with E-state index in [1.165, 1.54) is 20.9 Å². The van der Waals surface area contributed by atoms with Crippen LogP contribution in [0.2, 0.25) is 0 Å². The Hall–Kier alpha value is -2.21. The van der Waals surface area contributed by atoms with E-state index in [0.717, 1.165) is 5.76 Å². The number of furan rings is 1. The van der Waals surface area contributed by atoms with Crippen LogP contribution in [-0.4, -0.2) is 37.0 Å². The Kier molecular flexibility index (Phi) is 7.35. The highest BCUT2D eigenvalue weighted by Gasteiger charge is 2.19. The number of esters is 1. The first-order valence-corrected chi connectivity index (χ1v) is 10.3. The van der Waals surface area contributed by atoms with Gasteiger partial charge in [0, 0.05) is 11.9 Å². The number of likely N-dealkylation sites (N-methyl/N-ethyl adjacent to an activating group) is 1. The maximum absolute atomic E-state index is 12.4. The molecule has 0 fully saturated rings. The van der Waals surface area contributed by atoms with Gasteiger partial charge in [0.15, 0.2) is 5.76 Å². The van der Waals surface area contributed by atoms with Crippen LogP contribution in [0.1, 0.15) is 55.1 Å². The van der Waals surface area contributed by atoms with Crippen LogP contribution in [0.3, 0.4) is 0 Å². The fourth-order valence-corrected chi connectivity index (χ4v) is 3.56. The average molecular weight is 404 g/mol. The highest BCUT2D eigenvalue weighted by atomic mass is 32.2. The van der Waals surface area contributed by atoms with Crippen LogP contribution in [0, 0.1) is 6.92 Å². The lowest BCUT2D eigenvalue weighted by Gasteiger charge is -2.20. The lowest BCUT2D eigenvalue weighted by molar-refractivity contribution is -0.143. The van der Waals surface area contributed by atoms with Gasteiger partial charge >= 0.3 is 5.97 Å². The van der Waals surface area contributed by atoms with Crippen LogP contribution in [0.4, 0.5) is 0 Å². The fourth-order valence-electron chi connectivity index (χ4n) is 2.60. The number of ether oxygens (including phenoxy) is 1. The molecule has 0 spiro atoms. The van der Waals surface area contributed by atoms with Crippen molar-refractivity contribution in [2.75, 3.05) is 20.2 Å². The number of thioether (sulfide) groups is 1. The predicted molar refractivity (Wildman–Crippen MR) is 112 cm³/mol. The van der Waals surface area contributed by atoms with E-state index in [2.05, 4.69) is 45.9 Å². The molecule has 2 aromatic rings. The van der Waals surface area contributed by atoms with E-state index in [0.29, 0.717) is 12.4 Å². The number of aryl methyl sites for hydroxylation is 1. The highest BCUT2D eigenvalue weighted by molar-refractivity contribution is 7.98. The molecular formula is C22H29NO4S. The SMILES string of the molecule is CCOC(=O)CN(C)C(=O)c1ccc(CSc2cc(C(C)(C)C)ccc2C)o1. The van der Waals surface area contributed by atoms with Crippen molar-refractivity contribution >= 4 is 23.6 Å². The Morgan fingerprint density at radius 2 is 1.89 bits per heavy atom. The molecule has 2 rings (SSSR count). The molecule has 0 aliphatic heterocycles. The fraction of sp³-hybridized carbons (Fsp3) is 0.455. The summed E-state index contributed by atoms with van der Waals surface area (Å²) in [6.07, 6.45) is 0. The zero-order valence-corrected chi connectivity index (χ0v) is 18.3. The van der Waals surface area contributed by atoms with Crippen molar-refractivity contribution in [2.45, 2.75) is 50.7 Å². The van der Waals surface area contributed by atoms with Gasteiger partial charge in [-0.3, -0.25) is 9.59 Å². The van der Waals surface area contributed by atoms with E-state index in [4.69, 9.17) is 9.15 Å². The van der Waals surface area contributed by atoms with Crippen LogP contribution in [0.25, 0.3) is 0 Å². The summed E-state index contributed by atoms with van der Waals surface area (Å²) in [4.78, 5) is 26.4. The lowest BCUT2D eigenvalue weighted by atomic mass is 9.87. The van der Waals surface area contributed by atoms with Crippen LogP contribution >= 0.6 is 11.8 Å². The molecule has 5 nitrogen and oxygen atoms in total. The summed E-state index contributed by atoms with van der Waals surface area (Å²) < 4.78 is 10.6. The largest absolute Gasteiger partial charge is 0.465 e. The monoisotopic (exact) mass is 403 g/mol. The third-order valence-electron chi connectivity index (χ3n) is 4.31. The van der Waals surface area contributed by atoms with Gasteiger partial charge < -0.3 is 14.1 Å². The van der Waals surface area contributed by atoms with Crippen molar-refractivity contribution in [3.63, 3.8) is 0 Å². The van der Waals surface area contributed by atoms with E-state index >= 15 is 0 Å². The number of carbonyl (C=O) groups is 2. The first-order valence-electron chi connectivity index (χ1n) is 9.35. The summed E-state index contributed by atoms with van der Waals surface area (Å²) in [5.41, 5.74) is 2.60. The Morgan fingerprint density at radius 1 is 1.18 bits per heavy atom. The summed E-state index contributed by atoms with van der Waals surface area (Å²) in [5.74, 6) is 0.801. The van der Waals surface area contributed by atoms with Crippen LogP contribution in [0.15, 0.2) is 39.6 Å². The van der Waals surface area contributed by atoms with Gasteiger partial charge in [-0.05, 0) is 48.6 Å². The summed E-state index contributed by atoms with van der Waals surface area (Å²) in [6, 6.07) is 9.99. The average Bonchev–Trinajstić information content (AvgIpc) is 3.08. The maximum atomic E-state index is 12.4. The van der Waals surface area contributed by atoms with Crippen LogP contribution in [-0.2, 0) is 20.7 Å². The molecule has 0 saturated carbocycles. The molecule has 0 N–H and O–H groups in total. The first kappa shape index (κ1) is 22.1. The number of amides is 1. The standard InChI is InChI=1S/C22H29NO4S/c1-7-26-20(24)13-23(6)21(25)18-11-10-17(27-18)14-28-19-12-16(22(3,4)5)9-8-15(19)2/h8-12H,7,13-14H2,1-6H3. The molecule has 0 bridgehead atoms. The minimum atomic E-state index is -0.435. The number of benzene rings is 1. The zero-order chi connectivity index (χ0) is 20.9. The predicted octanol–water partition coefficient (Wildman–Crippen LogP) is 4.81. The smallest absolute Gasteiger partial charge is 0.325 e. The number of carbonyl (C=O) groups excluding carboxylic acids is 2. The van der Waals surface area contributed by atoms with Gasteiger partial charge in [0.25, 0.3) is 5.91 Å². The van der Waals surface area contributed by atoms with Gasteiger partial charge in [-0.25, -0.2) is 0 Å². The first-order chi connectivity index (χ1) is 13.1. The molecule has 1 aromatic heterocycles. The number of nitrogens with zero attached hydrogens (tertiary/aromatic N) is 1. The van der Waals surface area contributed by atoms with E-state index in [9.17, 15) is 9.59 Å². The van der Waals surface area contributed by atoms with Crippen molar-refractivity contribution in [1.29, 1.82) is 0 Å². The van der Waals surface area contributed by atoms with Gasteiger partial charge in [0.2, 0.25) is 0 Å². The molecule has 0 radical (unpaired) electrons. The Bertz CT molecular complexity index is 835. The van der Waals surface area contributed by atoms with Gasteiger partial charge in [0.05, 0.1) is 12.4 Å². The van der Waals surface area contributed by atoms with E-state index in [1.807, 2.05) is 0 Å². The summed E-state index contributed by atoms with van der Waals surface area (Å²) >= 11 is 1.69. The normalized spacial score (nSPS) is 11.4. The Morgan fingerprint density at radius 3 is 2.54 bits per heavy atom. The van der Waals surface area contributed by atoms with Gasteiger partial charge in [-0.1, -0.05) is 32.9 Å². The second-order valence-electron chi connectivity index (χ2n) is 7.75. The summed E-state index contributed by atoms with van der Waals surface area (Å²) in [6.45, 7) is 10.6. The molecule has 152 valence electrons. The third-order valence-corrected chi connectivity index (χ3v) is 5.49. The van der Waals surface area contributed by atoms with E-state index in [1.54, 1.807) is 37.9 Å². The van der Waals surface area contributed by atoms with Crippen molar-refractivity contribution in [1.82, 2.24) is 4.90 Å². The number of hydrogen-bond acceptors (Lipinski definition) is 5. The van der Waals surface area contributed by atoms with Gasteiger partial charge in [-0.2, -0.15) is 0 Å². The topological polar surface area (TPSA) is 59.8 Å². The van der Waals surface area contributed by atoms with Crippen molar-refractivity contribution < 1.29 is 18.7 Å². The molecule has 0 aliphatic rings. The van der Waals surface area contributed by atoms with Crippen molar-refractivity contribution in [2.24, 2.45) is 0 Å². The molecule has 1 amide bonds. The summed E-state index contributed by atoms with van der Waals surface area (Å²) in [5, 5.41) is 0. The number of rotatable bonds is 7. The Labute approximate surface area is 171 Å². The molecule has 1 aromatic carbocycles. The van der Waals surface area contributed by atoms with Crippen molar-refractivity contribution in [3.05, 3.63) is 53.0 Å². The Balaban J connectivity index is 2.02. The zero-order valence-electron chi connectivity index (χ0n) is 17.5. The summed E-state index contributed by atoms with van der Waals surface area (Å²) in [7, 11) is 1.55. The highest BCUT2D eigenvalue weighted by Crippen LogP contribution is 2.31. The quantitative estimate of drug-likeness (QED) is 0.490. The molecule has 6 heteroatoms. The molecule has 28 heavy (non-hydrogen) atoms. The number of hydrogen-bond donors (Lipinski definition) is 0. The van der Waals surface area contributed by atoms with Crippen LogP contribution < -0.4 is 0 Å². The van der Waals surface area contributed by atoms with E-state index in [-0.39, 0.29) is 23.6 Å². The molecule has 0 saturated heterocycles. The molecule has 0 atom stereocenters. The minimum Gasteiger partial charge on any atom is -0.465 e. The molecule has 0 aliphatic carbocycles. The third kappa shape index (κ3) is 5.89. The van der Waals surface area contributed by atoms with Crippen molar-refractivity contribution in [3.8, 4) is 0 Å². The van der Waals surface area contributed by atoms with Gasteiger partial charge in [-0.15, -0.1) is 11.8 Å². The minimum absolute atomic E-state index is 0.0940. The van der Waals surface area contributed by atoms with E-state index < -0.39 is 5.97 Å². The maximum Gasteiger partial charge on any atom is 0.325 e.